The Kier molecular flexibility index (Phi) is 15.1. The van der Waals surface area contributed by atoms with Crippen LogP contribution in [0.2, 0.25) is 13.1 Å². The third-order valence-corrected chi connectivity index (χ3v) is 6.53. The van der Waals surface area contributed by atoms with E-state index in [4.69, 9.17) is 0 Å². The fraction of sp³-hybridized carbons (Fsp3) is 0.471. The third kappa shape index (κ3) is 11.1. The van der Waals surface area contributed by atoms with Gasteiger partial charge in [0.1, 0.15) is 0 Å². The monoisotopic (exact) mass is 644 g/mol. The van der Waals surface area contributed by atoms with E-state index in [9.17, 15) is 0 Å². The second kappa shape index (κ2) is 15.4. The number of hydrogen-bond acceptors (Lipinski definition) is 0. The molecule has 0 aromatic heterocycles. The van der Waals surface area contributed by atoms with E-state index in [2.05, 4.69) is 143 Å². The fourth-order valence-corrected chi connectivity index (χ4v) is 4.06. The van der Waals surface area contributed by atoms with Crippen LogP contribution in [0.25, 0.3) is 21.5 Å². The third-order valence-electron chi connectivity index (χ3n) is 6.53. The van der Waals surface area contributed by atoms with Crippen molar-refractivity contribution < 1.29 is 48.1 Å². The first-order valence-electron chi connectivity index (χ1n) is 13.4. The van der Waals surface area contributed by atoms with E-state index >= 15 is 0 Å². The standard InChI is InChI=1S/2C16H21.C2H6Si.2ClH.Zr/c2*1-11(2)13-8-12-6-7-15(16(3,4)5)10-14(12)9-13;1-3-2;;;/h2*6-11H,1-5H3;1-2H3;2*1H;/q2*-1;;;;+2/p-2. The molecule has 0 fully saturated rings. The van der Waals surface area contributed by atoms with Crippen molar-refractivity contribution in [2.24, 2.45) is 0 Å². The summed E-state index contributed by atoms with van der Waals surface area (Å²) in [6.07, 6.45) is 0. The predicted molar refractivity (Wildman–Crippen MR) is 162 cm³/mol. The topological polar surface area (TPSA) is 0 Å². The van der Waals surface area contributed by atoms with E-state index in [-0.39, 0.29) is 41.1 Å². The van der Waals surface area contributed by atoms with E-state index in [1.165, 1.54) is 43.8 Å². The van der Waals surface area contributed by atoms with Gasteiger partial charge in [0.15, 0.2) is 0 Å². The molecule has 38 heavy (non-hydrogen) atoms. The molecular weight excluding hydrogens is 599 g/mol. The van der Waals surface area contributed by atoms with Gasteiger partial charge in [0.25, 0.3) is 0 Å². The van der Waals surface area contributed by atoms with Gasteiger partial charge in [0.05, 0.1) is 0 Å². The van der Waals surface area contributed by atoms with Gasteiger partial charge in [-0.1, -0.05) is 80.4 Å². The van der Waals surface area contributed by atoms with E-state index in [1.807, 2.05) is 0 Å². The first kappa shape index (κ1) is 37.3. The smallest absolute Gasteiger partial charge is 1.00 e. The molecule has 0 spiro atoms. The predicted octanol–water partition coefficient (Wildman–Crippen LogP) is 4.75. The largest absolute Gasteiger partial charge is 1.00 e. The number of hydrogen-bond donors (Lipinski definition) is 0. The molecule has 0 radical (unpaired) electrons. The molecule has 208 valence electrons. The number of benzene rings is 2. The van der Waals surface area contributed by atoms with Crippen LogP contribution >= 0.6 is 0 Å². The van der Waals surface area contributed by atoms with Gasteiger partial charge >= 0.3 is 41.9 Å². The first-order valence-corrected chi connectivity index (χ1v) is 19.6. The summed E-state index contributed by atoms with van der Waals surface area (Å²) < 4.78 is 0. The van der Waals surface area contributed by atoms with Crippen LogP contribution in [0.3, 0.4) is 0 Å². The van der Waals surface area contributed by atoms with E-state index < -0.39 is 0 Å². The second-order valence-electron chi connectivity index (χ2n) is 13.1. The maximum Gasteiger partial charge on any atom is -1.00 e. The van der Waals surface area contributed by atoms with E-state index in [0.29, 0.717) is 11.8 Å². The van der Waals surface area contributed by atoms with Gasteiger partial charge in [-0.25, -0.2) is 0 Å². The molecule has 0 saturated heterocycles. The van der Waals surface area contributed by atoms with Gasteiger partial charge in [0, 0.05) is 0 Å². The number of fused-ring (bicyclic) bond motifs is 2. The maximum atomic E-state index is 2.33. The molecule has 0 atom stereocenters. The zero-order chi connectivity index (χ0) is 27.4. The first-order chi connectivity index (χ1) is 16.5. The summed E-state index contributed by atoms with van der Waals surface area (Å²) in [5.41, 5.74) is 6.42. The molecule has 0 aliphatic rings. The Morgan fingerprint density at radius 2 is 0.895 bits per heavy atom. The Balaban J connectivity index is 0.000000604. The van der Waals surface area contributed by atoms with Gasteiger partial charge in [-0.3, -0.25) is 0 Å². The Labute approximate surface area is 261 Å². The molecule has 0 nitrogen and oxygen atoms in total. The van der Waals surface area contributed by atoms with Gasteiger partial charge in [-0.05, 0) is 22.7 Å². The molecule has 0 N–H and O–H groups in total. The average Bonchev–Trinajstić information content (AvgIpc) is 3.36. The molecule has 0 saturated carbocycles. The van der Waals surface area contributed by atoms with Crippen LogP contribution in [0.15, 0.2) is 60.7 Å². The van der Waals surface area contributed by atoms with Crippen LogP contribution < -0.4 is 24.8 Å². The van der Waals surface area contributed by atoms with Crippen LogP contribution in [-0.4, -0.2) is 5.43 Å². The minimum absolute atomic E-state index is 0. The zero-order valence-electron chi connectivity index (χ0n) is 25.7. The summed E-state index contributed by atoms with van der Waals surface area (Å²) in [6.45, 7) is 27.2. The van der Waals surface area contributed by atoms with Crippen LogP contribution in [-0.2, 0) is 34.2 Å². The minimum Gasteiger partial charge on any atom is -1.00 e. The maximum absolute atomic E-state index is 2.33. The molecule has 0 heterocycles. The van der Waals surface area contributed by atoms with Crippen molar-refractivity contribution >= 4 is 27.0 Å². The second-order valence-corrected chi connectivity index (χ2v) is 22.4. The molecule has 0 aliphatic heterocycles. The molecular formula is C34H48Cl2SiZr-2. The van der Waals surface area contributed by atoms with E-state index in [1.54, 1.807) is 23.3 Å². The van der Waals surface area contributed by atoms with Gasteiger partial charge in [-0.15, -0.1) is 81.2 Å². The Morgan fingerprint density at radius 1 is 0.605 bits per heavy atom. The Bertz CT molecular complexity index is 1190. The van der Waals surface area contributed by atoms with Crippen molar-refractivity contribution in [3.05, 3.63) is 82.9 Å². The summed E-state index contributed by atoms with van der Waals surface area (Å²) in [6, 6.07) is 23.0. The Morgan fingerprint density at radius 3 is 1.13 bits per heavy atom. The summed E-state index contributed by atoms with van der Waals surface area (Å²) in [4.78, 5) is 0. The molecule has 4 heteroatoms. The summed E-state index contributed by atoms with van der Waals surface area (Å²) in [5, 5.41) is 5.51. The van der Waals surface area contributed by atoms with Crippen LogP contribution in [0, 0.1) is 0 Å². The van der Waals surface area contributed by atoms with Crippen LogP contribution in [0.1, 0.15) is 103 Å². The van der Waals surface area contributed by atoms with Crippen molar-refractivity contribution in [1.29, 1.82) is 0 Å². The molecule has 4 rings (SSSR count). The van der Waals surface area contributed by atoms with Crippen LogP contribution in [0.5, 0.6) is 0 Å². The molecule has 0 amide bonds. The molecule has 4 aromatic carbocycles. The van der Waals surface area contributed by atoms with Crippen molar-refractivity contribution in [3.63, 3.8) is 0 Å². The average molecular weight is 647 g/mol. The fourth-order valence-electron chi connectivity index (χ4n) is 4.06. The molecule has 0 aliphatic carbocycles. The minimum atomic E-state index is 0. The normalized spacial score (nSPS) is 11.4. The summed E-state index contributed by atoms with van der Waals surface area (Å²) in [5.74, 6) is 1.23. The van der Waals surface area contributed by atoms with Crippen molar-refractivity contribution in [2.45, 2.75) is 105 Å². The van der Waals surface area contributed by atoms with Gasteiger partial charge in [-0.2, -0.15) is 12.1 Å². The molecule has 4 aromatic rings. The zero-order valence-corrected chi connectivity index (χ0v) is 30.7. The van der Waals surface area contributed by atoms with Crippen molar-refractivity contribution in [1.82, 2.24) is 0 Å². The van der Waals surface area contributed by atoms with Crippen molar-refractivity contribution in [3.8, 4) is 0 Å². The quantitative estimate of drug-likeness (QED) is 0.218. The Hall–Kier alpha value is -0.660. The van der Waals surface area contributed by atoms with Crippen LogP contribution in [0.4, 0.5) is 0 Å². The SMILES string of the molecule is CC(C)c1cc2cc(C(C)(C)C)ccc2[cH-]1.CC(C)c1cc2cc(C(C)(C)C)ccc2[cH-]1.C[Si](C)=[Zr+2].[Cl-].[Cl-]. The van der Waals surface area contributed by atoms with Crippen molar-refractivity contribution in [2.75, 3.05) is 0 Å². The molecule has 0 bridgehead atoms. The number of rotatable bonds is 2. The van der Waals surface area contributed by atoms with Gasteiger partial charge in [0.2, 0.25) is 0 Å². The molecule has 0 unspecified atom stereocenters. The number of halogens is 2. The van der Waals surface area contributed by atoms with E-state index in [0.717, 1.165) is 0 Å². The van der Waals surface area contributed by atoms with Gasteiger partial charge < -0.3 is 24.8 Å². The summed E-state index contributed by atoms with van der Waals surface area (Å²) >= 11 is 1.74. The summed E-state index contributed by atoms with van der Waals surface area (Å²) in [7, 11) is 0.